The van der Waals surface area contributed by atoms with Crippen LogP contribution in [0.2, 0.25) is 0 Å². The Hall–Kier alpha value is -2.59. The lowest BCUT2D eigenvalue weighted by Gasteiger charge is -2.38. The Bertz CT molecular complexity index is 911. The summed E-state index contributed by atoms with van der Waals surface area (Å²) in [5, 5.41) is 3.53. The molecule has 0 aliphatic carbocycles. The van der Waals surface area contributed by atoms with Gasteiger partial charge in [-0.05, 0) is 23.8 Å². The third kappa shape index (κ3) is 3.05. The van der Waals surface area contributed by atoms with E-state index in [-0.39, 0.29) is 12.1 Å². The third-order valence-electron chi connectivity index (χ3n) is 4.42. The number of carbonyl (C=O) groups excluding carboxylic acids is 1. The summed E-state index contributed by atoms with van der Waals surface area (Å²) in [5.74, 6) is 0.0407. The molecule has 0 aromatic heterocycles. The molecule has 4 heteroatoms. The molecule has 1 aliphatic rings. The van der Waals surface area contributed by atoms with E-state index in [1.165, 1.54) is 0 Å². The number of para-hydroxylation sites is 1. The smallest absolute Gasteiger partial charge is 0.258 e. The molecular formula is C21H17BrN2O. The quantitative estimate of drug-likeness (QED) is 0.662. The Labute approximate surface area is 155 Å². The Balaban J connectivity index is 1.79. The molecule has 3 aromatic carbocycles. The van der Waals surface area contributed by atoms with Crippen molar-refractivity contribution < 1.29 is 4.79 Å². The van der Waals surface area contributed by atoms with Crippen molar-refractivity contribution in [1.82, 2.24) is 4.90 Å². The van der Waals surface area contributed by atoms with Crippen LogP contribution in [0.3, 0.4) is 0 Å². The molecule has 0 spiro atoms. The lowest BCUT2D eigenvalue weighted by atomic mass is 10.0. The Kier molecular flexibility index (Phi) is 4.28. The van der Waals surface area contributed by atoms with Gasteiger partial charge in [-0.2, -0.15) is 0 Å². The minimum absolute atomic E-state index is 0.0407. The second-order valence-electron chi connectivity index (χ2n) is 6.03. The molecule has 124 valence electrons. The lowest BCUT2D eigenvalue weighted by Crippen LogP contribution is -2.42. The maximum Gasteiger partial charge on any atom is 0.258 e. The summed E-state index contributed by atoms with van der Waals surface area (Å²) in [7, 11) is 0. The van der Waals surface area contributed by atoms with Crippen molar-refractivity contribution in [3.63, 3.8) is 0 Å². The first kappa shape index (κ1) is 15.9. The minimum Gasteiger partial charge on any atom is -0.361 e. The number of anilines is 1. The Morgan fingerprint density at radius 2 is 1.56 bits per heavy atom. The fourth-order valence-corrected chi connectivity index (χ4v) is 3.68. The number of hydrogen-bond donors (Lipinski definition) is 1. The van der Waals surface area contributed by atoms with E-state index in [0.29, 0.717) is 12.1 Å². The molecule has 1 amide bonds. The molecule has 3 aromatic rings. The molecule has 0 radical (unpaired) electrons. The molecule has 0 bridgehead atoms. The molecule has 4 rings (SSSR count). The number of carbonyl (C=O) groups is 1. The van der Waals surface area contributed by atoms with Gasteiger partial charge in [0.25, 0.3) is 5.91 Å². The van der Waals surface area contributed by atoms with Crippen molar-refractivity contribution in [1.29, 1.82) is 0 Å². The van der Waals surface area contributed by atoms with E-state index in [1.807, 2.05) is 83.8 Å². The number of nitrogens with zero attached hydrogens (tertiary/aromatic N) is 1. The standard InChI is InChI=1S/C21H17BrN2O/c22-18-12-6-4-10-16(18)20-23-19-13-7-5-11-17(19)21(25)24(20)14-15-8-2-1-3-9-15/h1-13,20,23H,14H2. The first-order chi connectivity index (χ1) is 12.2. The van der Waals surface area contributed by atoms with Gasteiger partial charge in [0, 0.05) is 22.3 Å². The molecule has 1 N–H and O–H groups in total. The van der Waals surface area contributed by atoms with Gasteiger partial charge in [-0.15, -0.1) is 0 Å². The minimum atomic E-state index is -0.224. The largest absolute Gasteiger partial charge is 0.361 e. The van der Waals surface area contributed by atoms with Crippen molar-refractivity contribution in [3.05, 3.63) is 100 Å². The SMILES string of the molecule is O=C1c2ccccc2NC(c2ccccc2Br)N1Cc1ccccc1. The van der Waals surface area contributed by atoms with Crippen LogP contribution in [0.4, 0.5) is 5.69 Å². The van der Waals surface area contributed by atoms with Gasteiger partial charge in [-0.1, -0.05) is 76.6 Å². The zero-order chi connectivity index (χ0) is 17.2. The van der Waals surface area contributed by atoms with Crippen LogP contribution < -0.4 is 5.32 Å². The molecule has 0 fully saturated rings. The maximum atomic E-state index is 13.2. The van der Waals surface area contributed by atoms with Crippen molar-refractivity contribution >= 4 is 27.5 Å². The van der Waals surface area contributed by atoms with E-state index in [0.717, 1.165) is 21.3 Å². The average Bonchev–Trinajstić information content (AvgIpc) is 2.65. The number of amides is 1. The highest BCUT2D eigenvalue weighted by molar-refractivity contribution is 9.10. The summed E-state index contributed by atoms with van der Waals surface area (Å²) >= 11 is 3.63. The van der Waals surface area contributed by atoms with Gasteiger partial charge in [-0.25, -0.2) is 0 Å². The van der Waals surface area contributed by atoms with E-state index in [9.17, 15) is 4.79 Å². The zero-order valence-corrected chi connectivity index (χ0v) is 15.1. The van der Waals surface area contributed by atoms with Crippen LogP contribution in [0.5, 0.6) is 0 Å². The van der Waals surface area contributed by atoms with Crippen molar-refractivity contribution in [2.24, 2.45) is 0 Å². The second kappa shape index (κ2) is 6.73. The van der Waals surface area contributed by atoms with Gasteiger partial charge in [-0.3, -0.25) is 4.79 Å². The van der Waals surface area contributed by atoms with Crippen molar-refractivity contribution in [3.8, 4) is 0 Å². The number of benzene rings is 3. The van der Waals surface area contributed by atoms with Crippen LogP contribution in [-0.4, -0.2) is 10.8 Å². The van der Waals surface area contributed by atoms with E-state index in [1.54, 1.807) is 0 Å². The van der Waals surface area contributed by atoms with Crippen LogP contribution in [0.15, 0.2) is 83.3 Å². The molecule has 1 heterocycles. The monoisotopic (exact) mass is 392 g/mol. The van der Waals surface area contributed by atoms with Gasteiger partial charge in [0.05, 0.1) is 5.56 Å². The topological polar surface area (TPSA) is 32.3 Å². The first-order valence-corrected chi connectivity index (χ1v) is 8.98. The van der Waals surface area contributed by atoms with E-state index < -0.39 is 0 Å². The van der Waals surface area contributed by atoms with Gasteiger partial charge in [0.15, 0.2) is 0 Å². The molecule has 0 saturated carbocycles. The van der Waals surface area contributed by atoms with Crippen LogP contribution in [0.25, 0.3) is 0 Å². The van der Waals surface area contributed by atoms with Gasteiger partial charge < -0.3 is 10.2 Å². The summed E-state index contributed by atoms with van der Waals surface area (Å²) < 4.78 is 0.984. The van der Waals surface area contributed by atoms with E-state index >= 15 is 0 Å². The van der Waals surface area contributed by atoms with Crippen molar-refractivity contribution in [2.45, 2.75) is 12.7 Å². The van der Waals surface area contributed by atoms with Crippen LogP contribution in [-0.2, 0) is 6.54 Å². The summed E-state index contributed by atoms with van der Waals surface area (Å²) in [6, 6.07) is 25.8. The highest BCUT2D eigenvalue weighted by atomic mass is 79.9. The van der Waals surface area contributed by atoms with Gasteiger partial charge >= 0.3 is 0 Å². The highest BCUT2D eigenvalue weighted by Crippen LogP contribution is 2.36. The predicted octanol–water partition coefficient (Wildman–Crippen LogP) is 5.22. The van der Waals surface area contributed by atoms with Crippen LogP contribution in [0.1, 0.15) is 27.7 Å². The molecule has 0 saturated heterocycles. The number of rotatable bonds is 3. The number of hydrogen-bond acceptors (Lipinski definition) is 2. The number of fused-ring (bicyclic) bond motifs is 1. The normalized spacial score (nSPS) is 16.3. The van der Waals surface area contributed by atoms with E-state index in [4.69, 9.17) is 0 Å². The van der Waals surface area contributed by atoms with Gasteiger partial charge in [0.1, 0.15) is 6.17 Å². The Morgan fingerprint density at radius 1 is 0.880 bits per heavy atom. The maximum absolute atomic E-state index is 13.2. The fourth-order valence-electron chi connectivity index (χ4n) is 3.18. The average molecular weight is 393 g/mol. The third-order valence-corrected chi connectivity index (χ3v) is 5.14. The molecule has 1 aliphatic heterocycles. The number of halogens is 1. The molecule has 3 nitrogen and oxygen atoms in total. The molecule has 25 heavy (non-hydrogen) atoms. The molecule has 1 unspecified atom stereocenters. The summed E-state index contributed by atoms with van der Waals surface area (Å²) in [6.45, 7) is 0.549. The lowest BCUT2D eigenvalue weighted by molar-refractivity contribution is 0.0666. The predicted molar refractivity (Wildman–Crippen MR) is 103 cm³/mol. The molecular weight excluding hydrogens is 376 g/mol. The second-order valence-corrected chi connectivity index (χ2v) is 6.89. The summed E-state index contributed by atoms with van der Waals surface area (Å²) in [5.41, 5.74) is 3.73. The van der Waals surface area contributed by atoms with Gasteiger partial charge in [0.2, 0.25) is 0 Å². The molecule has 1 atom stereocenters. The van der Waals surface area contributed by atoms with Crippen LogP contribution >= 0.6 is 15.9 Å². The first-order valence-electron chi connectivity index (χ1n) is 8.19. The zero-order valence-electron chi connectivity index (χ0n) is 13.5. The fraction of sp³-hybridized carbons (Fsp3) is 0.0952. The van der Waals surface area contributed by atoms with Crippen LogP contribution in [0, 0.1) is 0 Å². The number of nitrogens with one attached hydrogen (secondary N) is 1. The summed E-state index contributed by atoms with van der Waals surface area (Å²) in [6.07, 6.45) is -0.224. The van der Waals surface area contributed by atoms with E-state index in [2.05, 4.69) is 21.2 Å². The van der Waals surface area contributed by atoms with Crippen molar-refractivity contribution in [2.75, 3.05) is 5.32 Å². The summed E-state index contributed by atoms with van der Waals surface area (Å²) in [4.78, 5) is 15.1. The Morgan fingerprint density at radius 3 is 2.36 bits per heavy atom. The highest BCUT2D eigenvalue weighted by Gasteiger charge is 2.33.